The number of rotatable bonds is 3. The van der Waals surface area contributed by atoms with Gasteiger partial charge in [-0.25, -0.2) is 17.6 Å². The minimum absolute atomic E-state index is 0.322. The van der Waals surface area contributed by atoms with Gasteiger partial charge in [-0.05, 0) is 57.3 Å². The van der Waals surface area contributed by atoms with E-state index >= 15 is 0 Å². The lowest BCUT2D eigenvalue weighted by Gasteiger charge is -2.11. The second-order valence-corrected chi connectivity index (χ2v) is 9.49. The molecule has 0 spiro atoms. The van der Waals surface area contributed by atoms with Crippen molar-refractivity contribution in [3.63, 3.8) is 0 Å². The van der Waals surface area contributed by atoms with Gasteiger partial charge >= 0.3 is 0 Å². The van der Waals surface area contributed by atoms with Crippen LogP contribution in [0.5, 0.6) is 0 Å². The maximum Gasteiger partial charge on any atom is 0.180 e. The summed E-state index contributed by atoms with van der Waals surface area (Å²) in [6.45, 7) is 0. The highest BCUT2D eigenvalue weighted by Gasteiger charge is 2.33. The molecule has 3 aromatic carbocycles. The van der Waals surface area contributed by atoms with Crippen LogP contribution in [0.25, 0.3) is 0 Å². The largest absolute Gasteiger partial charge is 0.207 e. The molecule has 0 atom stereocenters. The Labute approximate surface area is 172 Å². The lowest BCUT2D eigenvalue weighted by molar-refractivity contribution is 0.576. The Hall–Kier alpha value is -0.810. The van der Waals surface area contributed by atoms with E-state index in [0.29, 0.717) is 9.79 Å². The van der Waals surface area contributed by atoms with Crippen molar-refractivity contribution in [2.75, 3.05) is 0 Å². The summed E-state index contributed by atoms with van der Waals surface area (Å²) in [5.41, 5.74) is 0. The first kappa shape index (κ1) is 19.0. The standard InChI is InChI=1S/C18H9F4I2S/c19-10-3-11(20)6-15(5-10)25(16-7-12(21)4-13(22)8-16)18-9-14(23)1-2-17(18)24/h1-9H/q+1. The molecule has 0 unspecified atom stereocenters. The molecule has 0 nitrogen and oxygen atoms in total. The van der Waals surface area contributed by atoms with Gasteiger partial charge < -0.3 is 0 Å². The van der Waals surface area contributed by atoms with Gasteiger partial charge in [0.15, 0.2) is 14.7 Å². The molecular weight excluding hydrogens is 578 g/mol. The topological polar surface area (TPSA) is 0 Å². The average molecular weight is 587 g/mol. The van der Waals surface area contributed by atoms with Gasteiger partial charge in [0.05, 0.1) is 3.57 Å². The van der Waals surface area contributed by atoms with E-state index in [1.54, 1.807) is 0 Å². The van der Waals surface area contributed by atoms with Crippen LogP contribution in [0.4, 0.5) is 17.6 Å². The van der Waals surface area contributed by atoms with Crippen LogP contribution in [0.3, 0.4) is 0 Å². The van der Waals surface area contributed by atoms with Crippen LogP contribution in [-0.2, 0) is 10.9 Å². The van der Waals surface area contributed by atoms with Crippen molar-refractivity contribution < 1.29 is 17.6 Å². The third kappa shape index (κ3) is 4.48. The van der Waals surface area contributed by atoms with Crippen molar-refractivity contribution in [2.24, 2.45) is 0 Å². The molecule has 25 heavy (non-hydrogen) atoms. The Morgan fingerprint density at radius 3 is 1.48 bits per heavy atom. The summed E-state index contributed by atoms with van der Waals surface area (Å²) in [4.78, 5) is 1.40. The first-order valence-corrected chi connectivity index (χ1v) is 10.3. The molecule has 0 radical (unpaired) electrons. The Balaban J connectivity index is 2.29. The maximum absolute atomic E-state index is 13.8. The SMILES string of the molecule is Fc1cc(F)cc([S+](c2cc(F)cc(F)c2)c2cc(I)ccc2I)c1. The van der Waals surface area contributed by atoms with Gasteiger partial charge in [0, 0.05) is 46.0 Å². The molecule has 3 rings (SSSR count). The fourth-order valence-electron chi connectivity index (χ4n) is 2.32. The van der Waals surface area contributed by atoms with Gasteiger partial charge in [0.2, 0.25) is 0 Å². The molecule has 3 aromatic rings. The fourth-order valence-corrected chi connectivity index (χ4v) is 6.22. The zero-order valence-electron chi connectivity index (χ0n) is 12.4. The Kier molecular flexibility index (Phi) is 5.94. The number of hydrogen-bond donors (Lipinski definition) is 0. The molecule has 0 heterocycles. The third-order valence-corrected chi connectivity index (χ3v) is 7.43. The molecular formula is C18H9F4I2S+. The van der Waals surface area contributed by atoms with E-state index in [1.165, 1.54) is 24.3 Å². The third-order valence-electron chi connectivity index (χ3n) is 3.26. The van der Waals surface area contributed by atoms with Gasteiger partial charge in [0.25, 0.3) is 0 Å². The second kappa shape index (κ2) is 7.83. The molecule has 0 aromatic heterocycles. The number of benzene rings is 3. The van der Waals surface area contributed by atoms with Gasteiger partial charge in [0.1, 0.15) is 34.2 Å². The summed E-state index contributed by atoms with van der Waals surface area (Å²) in [5.74, 6) is -2.93. The van der Waals surface area contributed by atoms with E-state index in [1.807, 2.05) is 18.2 Å². The Morgan fingerprint density at radius 1 is 0.600 bits per heavy atom. The summed E-state index contributed by atoms with van der Waals surface area (Å²) in [5, 5.41) is 0. The fraction of sp³-hybridized carbons (Fsp3) is 0. The van der Waals surface area contributed by atoms with Crippen LogP contribution in [-0.4, -0.2) is 0 Å². The smallest absolute Gasteiger partial charge is 0.180 e. The van der Waals surface area contributed by atoms with Crippen molar-refractivity contribution in [3.8, 4) is 0 Å². The van der Waals surface area contributed by atoms with Crippen LogP contribution in [0.15, 0.2) is 69.3 Å². The van der Waals surface area contributed by atoms with Crippen LogP contribution >= 0.6 is 45.2 Å². The average Bonchev–Trinajstić information content (AvgIpc) is 2.49. The molecule has 0 amide bonds. The predicted molar refractivity (Wildman–Crippen MR) is 107 cm³/mol. The van der Waals surface area contributed by atoms with E-state index in [4.69, 9.17) is 0 Å². The van der Waals surface area contributed by atoms with Crippen LogP contribution in [0.2, 0.25) is 0 Å². The normalized spacial score (nSPS) is 11.2. The van der Waals surface area contributed by atoms with Crippen LogP contribution in [0, 0.1) is 30.4 Å². The van der Waals surface area contributed by atoms with E-state index < -0.39 is 34.2 Å². The maximum atomic E-state index is 13.8. The van der Waals surface area contributed by atoms with E-state index in [-0.39, 0.29) is 0 Å². The van der Waals surface area contributed by atoms with Crippen molar-refractivity contribution in [3.05, 3.63) is 85.0 Å². The van der Waals surface area contributed by atoms with E-state index in [2.05, 4.69) is 45.2 Å². The highest BCUT2D eigenvalue weighted by atomic mass is 127. The van der Waals surface area contributed by atoms with Gasteiger partial charge in [-0.1, -0.05) is 0 Å². The monoisotopic (exact) mass is 587 g/mol. The van der Waals surface area contributed by atoms with Crippen LogP contribution < -0.4 is 0 Å². The molecule has 0 aliphatic rings. The summed E-state index contributed by atoms with van der Waals surface area (Å²) in [6.07, 6.45) is 0. The predicted octanol–water partition coefficient (Wildman–Crippen LogP) is 6.55. The summed E-state index contributed by atoms with van der Waals surface area (Å²) in [7, 11) is -1.05. The number of halogens is 6. The summed E-state index contributed by atoms with van der Waals surface area (Å²) < 4.78 is 56.8. The quantitative estimate of drug-likeness (QED) is 0.186. The van der Waals surface area contributed by atoms with E-state index in [9.17, 15) is 17.6 Å². The zero-order chi connectivity index (χ0) is 18.1. The number of hydrogen-bond acceptors (Lipinski definition) is 0. The summed E-state index contributed by atoms with van der Waals surface area (Å²) >= 11 is 4.23. The molecule has 7 heteroatoms. The molecule has 0 fully saturated rings. The van der Waals surface area contributed by atoms with Crippen molar-refractivity contribution in [1.29, 1.82) is 0 Å². The van der Waals surface area contributed by atoms with Crippen molar-refractivity contribution in [2.45, 2.75) is 14.7 Å². The molecule has 0 bridgehead atoms. The Bertz CT molecular complexity index is 854. The molecule has 128 valence electrons. The van der Waals surface area contributed by atoms with Gasteiger partial charge in [-0.15, -0.1) is 0 Å². The molecule has 0 N–H and O–H groups in total. The first-order chi connectivity index (χ1) is 11.8. The molecule has 0 aliphatic heterocycles. The molecule has 0 saturated carbocycles. The van der Waals surface area contributed by atoms with Crippen molar-refractivity contribution >= 4 is 56.1 Å². The second-order valence-electron chi connectivity index (χ2n) is 5.09. The van der Waals surface area contributed by atoms with Gasteiger partial charge in [-0.2, -0.15) is 0 Å². The lowest BCUT2D eigenvalue weighted by atomic mass is 10.3. The lowest BCUT2D eigenvalue weighted by Crippen LogP contribution is -2.09. The zero-order valence-corrected chi connectivity index (χ0v) is 17.5. The van der Waals surface area contributed by atoms with Crippen LogP contribution in [0.1, 0.15) is 0 Å². The Morgan fingerprint density at radius 2 is 1.04 bits per heavy atom. The summed E-state index contributed by atoms with van der Waals surface area (Å²) in [6, 6.07) is 12.0. The molecule has 0 aliphatic carbocycles. The first-order valence-electron chi connectivity index (χ1n) is 6.95. The van der Waals surface area contributed by atoms with Crippen molar-refractivity contribution in [1.82, 2.24) is 0 Å². The van der Waals surface area contributed by atoms with Gasteiger partial charge in [-0.3, -0.25) is 0 Å². The minimum Gasteiger partial charge on any atom is -0.207 e. The van der Waals surface area contributed by atoms with E-state index in [0.717, 1.165) is 24.2 Å². The minimum atomic E-state index is -1.05. The molecule has 0 saturated heterocycles. The highest BCUT2D eigenvalue weighted by Crippen LogP contribution is 2.36. The highest BCUT2D eigenvalue weighted by molar-refractivity contribution is 14.1.